The van der Waals surface area contributed by atoms with E-state index < -0.39 is 23.0 Å². The molecule has 1 aliphatic rings. The molecule has 1 unspecified atom stereocenters. The van der Waals surface area contributed by atoms with Crippen LogP contribution >= 0.6 is 0 Å². The average Bonchev–Trinajstić information content (AvgIpc) is 2.68. The van der Waals surface area contributed by atoms with E-state index in [1.54, 1.807) is 4.57 Å². The molecule has 1 aromatic rings. The van der Waals surface area contributed by atoms with Crippen LogP contribution in [0.15, 0.2) is 0 Å². The number of nitrogens with two attached hydrogens (primary N) is 1. The lowest BCUT2D eigenvalue weighted by Gasteiger charge is -2.38. The number of nitrogens with zero attached hydrogens (tertiary/aromatic N) is 3. The number of rotatable bonds is 2. The van der Waals surface area contributed by atoms with Gasteiger partial charge in [-0.05, 0) is 20.3 Å². The SMILES string of the molecule is CC(C)(N)C(C)(C)c1nnc2n1CC(C(F)(F)F)CC2. The van der Waals surface area contributed by atoms with Crippen molar-refractivity contribution in [1.29, 1.82) is 0 Å². The Bertz CT molecular complexity index is 497. The number of hydrogen-bond acceptors (Lipinski definition) is 3. The Morgan fingerprint density at radius 3 is 2.25 bits per heavy atom. The molecule has 114 valence electrons. The minimum atomic E-state index is -4.18. The molecule has 1 aliphatic heterocycles. The molecule has 2 N–H and O–H groups in total. The zero-order valence-corrected chi connectivity index (χ0v) is 12.3. The summed E-state index contributed by atoms with van der Waals surface area (Å²) in [6.07, 6.45) is -3.80. The third kappa shape index (κ3) is 2.43. The highest BCUT2D eigenvalue weighted by Gasteiger charge is 2.45. The Labute approximate surface area is 116 Å². The van der Waals surface area contributed by atoms with Crippen molar-refractivity contribution >= 4 is 0 Å². The van der Waals surface area contributed by atoms with Crippen LogP contribution < -0.4 is 5.73 Å². The number of aromatic nitrogens is 3. The van der Waals surface area contributed by atoms with Crippen LogP contribution in [0, 0.1) is 5.92 Å². The second kappa shape index (κ2) is 4.44. The van der Waals surface area contributed by atoms with Gasteiger partial charge in [-0.15, -0.1) is 10.2 Å². The minimum absolute atomic E-state index is 0.0775. The van der Waals surface area contributed by atoms with E-state index in [-0.39, 0.29) is 13.0 Å². The summed E-state index contributed by atoms with van der Waals surface area (Å²) in [6.45, 7) is 7.36. The van der Waals surface area contributed by atoms with Gasteiger partial charge in [0.1, 0.15) is 11.6 Å². The Morgan fingerprint density at radius 1 is 1.15 bits per heavy atom. The maximum absolute atomic E-state index is 12.9. The van der Waals surface area contributed by atoms with Gasteiger partial charge in [0.15, 0.2) is 0 Å². The third-order valence-corrected chi connectivity index (χ3v) is 4.58. The molecule has 1 aromatic heterocycles. The highest BCUT2D eigenvalue weighted by molar-refractivity contribution is 5.16. The summed E-state index contributed by atoms with van der Waals surface area (Å²) in [7, 11) is 0. The predicted octanol–water partition coefficient (Wildman–Crippen LogP) is 2.42. The Hall–Kier alpha value is -1.11. The first-order chi connectivity index (χ1) is 8.94. The molecule has 0 amide bonds. The number of hydrogen-bond donors (Lipinski definition) is 1. The molecule has 20 heavy (non-hydrogen) atoms. The van der Waals surface area contributed by atoms with E-state index >= 15 is 0 Å². The van der Waals surface area contributed by atoms with Crippen LogP contribution in [0.2, 0.25) is 0 Å². The molecule has 0 spiro atoms. The van der Waals surface area contributed by atoms with E-state index in [2.05, 4.69) is 10.2 Å². The van der Waals surface area contributed by atoms with Crippen LogP contribution in [0.1, 0.15) is 45.8 Å². The van der Waals surface area contributed by atoms with Gasteiger partial charge in [-0.25, -0.2) is 0 Å². The van der Waals surface area contributed by atoms with E-state index in [9.17, 15) is 13.2 Å². The van der Waals surface area contributed by atoms with Gasteiger partial charge in [-0.3, -0.25) is 0 Å². The van der Waals surface area contributed by atoms with E-state index in [4.69, 9.17) is 5.73 Å². The van der Waals surface area contributed by atoms with Gasteiger partial charge in [0.2, 0.25) is 0 Å². The molecule has 1 atom stereocenters. The van der Waals surface area contributed by atoms with E-state index in [0.29, 0.717) is 18.1 Å². The zero-order chi connectivity index (χ0) is 15.3. The van der Waals surface area contributed by atoms with Crippen LogP contribution in [0.25, 0.3) is 0 Å². The molecule has 0 fully saturated rings. The van der Waals surface area contributed by atoms with Gasteiger partial charge in [0, 0.05) is 23.9 Å². The monoisotopic (exact) mass is 290 g/mol. The van der Waals surface area contributed by atoms with Crippen molar-refractivity contribution in [2.75, 3.05) is 0 Å². The molecular formula is C13H21F3N4. The fourth-order valence-electron chi connectivity index (χ4n) is 2.34. The summed E-state index contributed by atoms with van der Waals surface area (Å²) >= 11 is 0. The van der Waals surface area contributed by atoms with Crippen molar-refractivity contribution in [3.63, 3.8) is 0 Å². The smallest absolute Gasteiger partial charge is 0.325 e. The first-order valence-corrected chi connectivity index (χ1v) is 6.73. The summed E-state index contributed by atoms with van der Waals surface area (Å²) in [5.74, 6) is -0.173. The van der Waals surface area contributed by atoms with E-state index in [1.165, 1.54) is 0 Å². The van der Waals surface area contributed by atoms with Crippen molar-refractivity contribution in [2.45, 2.75) is 64.2 Å². The Morgan fingerprint density at radius 2 is 1.75 bits per heavy atom. The lowest BCUT2D eigenvalue weighted by Crippen LogP contribution is -2.52. The zero-order valence-electron chi connectivity index (χ0n) is 12.3. The second-order valence-electron chi connectivity index (χ2n) is 6.67. The highest BCUT2D eigenvalue weighted by Crippen LogP contribution is 2.38. The minimum Gasteiger partial charge on any atom is -0.325 e. The Balaban J connectivity index is 2.40. The fourth-order valence-corrected chi connectivity index (χ4v) is 2.34. The first-order valence-electron chi connectivity index (χ1n) is 6.73. The topological polar surface area (TPSA) is 56.7 Å². The lowest BCUT2D eigenvalue weighted by molar-refractivity contribution is -0.182. The van der Waals surface area contributed by atoms with Crippen molar-refractivity contribution in [3.8, 4) is 0 Å². The van der Waals surface area contributed by atoms with Crippen LogP contribution in [-0.4, -0.2) is 26.5 Å². The summed E-state index contributed by atoms with van der Waals surface area (Å²) in [5.41, 5.74) is 4.98. The molecule has 0 aromatic carbocycles. The normalized spacial score (nSPS) is 20.9. The van der Waals surface area contributed by atoms with Crippen LogP contribution in [0.3, 0.4) is 0 Å². The summed E-state index contributed by atoms with van der Waals surface area (Å²) in [4.78, 5) is 0. The molecule has 4 nitrogen and oxygen atoms in total. The first kappa shape index (κ1) is 15.3. The van der Waals surface area contributed by atoms with Gasteiger partial charge in [-0.2, -0.15) is 13.2 Å². The third-order valence-electron chi connectivity index (χ3n) is 4.58. The molecule has 0 radical (unpaired) electrons. The molecule has 2 heterocycles. The van der Waals surface area contributed by atoms with Gasteiger partial charge in [0.05, 0.1) is 5.92 Å². The standard InChI is InChI=1S/C13H21F3N4/c1-11(2,12(3,4)17)10-19-18-9-6-5-8(7-20(9)10)13(14,15)16/h8H,5-7,17H2,1-4H3. The number of fused-ring (bicyclic) bond motifs is 1. The summed E-state index contributed by atoms with van der Waals surface area (Å²) in [5, 5.41) is 8.16. The molecule has 0 bridgehead atoms. The van der Waals surface area contributed by atoms with Crippen LogP contribution in [-0.2, 0) is 18.4 Å². The van der Waals surface area contributed by atoms with Gasteiger partial charge in [-0.1, -0.05) is 13.8 Å². The average molecular weight is 290 g/mol. The maximum atomic E-state index is 12.9. The highest BCUT2D eigenvalue weighted by atomic mass is 19.4. The molecule has 0 aliphatic carbocycles. The largest absolute Gasteiger partial charge is 0.393 e. The molecular weight excluding hydrogens is 269 g/mol. The fraction of sp³-hybridized carbons (Fsp3) is 0.846. The van der Waals surface area contributed by atoms with Crippen molar-refractivity contribution in [2.24, 2.45) is 11.7 Å². The molecule has 0 saturated carbocycles. The van der Waals surface area contributed by atoms with E-state index in [1.807, 2.05) is 27.7 Å². The molecule has 2 rings (SSSR count). The molecule has 0 saturated heterocycles. The van der Waals surface area contributed by atoms with Gasteiger partial charge >= 0.3 is 6.18 Å². The van der Waals surface area contributed by atoms with Crippen LogP contribution in [0.5, 0.6) is 0 Å². The quantitative estimate of drug-likeness (QED) is 0.910. The lowest BCUT2D eigenvalue weighted by atomic mass is 9.74. The van der Waals surface area contributed by atoms with Crippen molar-refractivity contribution in [3.05, 3.63) is 11.6 Å². The number of halogens is 3. The van der Waals surface area contributed by atoms with Gasteiger partial charge in [0.25, 0.3) is 0 Å². The van der Waals surface area contributed by atoms with Crippen molar-refractivity contribution in [1.82, 2.24) is 14.8 Å². The molecule has 7 heteroatoms. The summed E-state index contributed by atoms with van der Waals surface area (Å²) < 4.78 is 40.4. The van der Waals surface area contributed by atoms with Crippen molar-refractivity contribution < 1.29 is 13.2 Å². The predicted molar refractivity (Wildman–Crippen MR) is 69.2 cm³/mol. The second-order valence-corrected chi connectivity index (χ2v) is 6.67. The van der Waals surface area contributed by atoms with E-state index in [0.717, 1.165) is 0 Å². The number of alkyl halides is 3. The maximum Gasteiger partial charge on any atom is 0.393 e. The summed E-state index contributed by atoms with van der Waals surface area (Å²) in [6, 6.07) is 0. The van der Waals surface area contributed by atoms with Gasteiger partial charge < -0.3 is 10.3 Å². The Kier molecular flexibility index (Phi) is 3.40. The number of aryl methyl sites for hydroxylation is 1. The van der Waals surface area contributed by atoms with Crippen LogP contribution in [0.4, 0.5) is 13.2 Å².